The van der Waals surface area contributed by atoms with Gasteiger partial charge in [0.15, 0.2) is 0 Å². The van der Waals surface area contributed by atoms with Gasteiger partial charge in [0, 0.05) is 6.08 Å². The van der Waals surface area contributed by atoms with Crippen molar-refractivity contribution in [3.8, 4) is 5.75 Å². The Hall–Kier alpha value is -2.29. The minimum absolute atomic E-state index is 0.423. The van der Waals surface area contributed by atoms with Crippen molar-refractivity contribution in [1.29, 1.82) is 0 Å². The average molecular weight is 256 g/mol. The Morgan fingerprint density at radius 3 is 2.53 bits per heavy atom. The first-order valence-corrected chi connectivity index (χ1v) is 6.18. The molecular weight excluding hydrogens is 240 g/mol. The van der Waals surface area contributed by atoms with Gasteiger partial charge in [0.25, 0.3) is 0 Å². The quantitative estimate of drug-likeness (QED) is 0.471. The maximum absolute atomic E-state index is 11.6. The van der Waals surface area contributed by atoms with Crippen molar-refractivity contribution < 1.29 is 13.9 Å². The number of carbonyl (C=O) groups excluding carboxylic acids is 1. The van der Waals surface area contributed by atoms with Crippen molar-refractivity contribution in [2.24, 2.45) is 0 Å². The molecule has 0 aliphatic carbocycles. The number of ether oxygens (including phenoxy) is 1. The standard InChI is InChI=1S/C16H16O3/c1-12(2)13-5-7-15(8-6-13)19-16(17)10-9-14-4-3-11-18-14/h3-12H,1-2H3. The molecule has 0 saturated carbocycles. The minimum atomic E-state index is -0.423. The van der Waals surface area contributed by atoms with Crippen LogP contribution >= 0.6 is 0 Å². The summed E-state index contributed by atoms with van der Waals surface area (Å²) >= 11 is 0. The molecule has 3 heteroatoms. The molecule has 0 saturated heterocycles. The van der Waals surface area contributed by atoms with E-state index >= 15 is 0 Å². The second-order valence-electron chi connectivity index (χ2n) is 4.49. The summed E-state index contributed by atoms with van der Waals surface area (Å²) in [6.07, 6.45) is 4.47. The average Bonchev–Trinajstić information content (AvgIpc) is 2.90. The van der Waals surface area contributed by atoms with E-state index in [2.05, 4.69) is 13.8 Å². The highest BCUT2D eigenvalue weighted by molar-refractivity contribution is 5.88. The summed E-state index contributed by atoms with van der Waals surface area (Å²) in [4.78, 5) is 11.6. The van der Waals surface area contributed by atoms with Crippen LogP contribution in [-0.2, 0) is 4.79 Å². The monoisotopic (exact) mass is 256 g/mol. The molecule has 0 aliphatic heterocycles. The van der Waals surface area contributed by atoms with Gasteiger partial charge in [-0.2, -0.15) is 0 Å². The highest BCUT2D eigenvalue weighted by Gasteiger charge is 2.03. The van der Waals surface area contributed by atoms with E-state index < -0.39 is 5.97 Å². The Balaban J connectivity index is 1.95. The van der Waals surface area contributed by atoms with Crippen molar-refractivity contribution in [2.75, 3.05) is 0 Å². The second-order valence-corrected chi connectivity index (χ2v) is 4.49. The van der Waals surface area contributed by atoms with Crippen LogP contribution in [0, 0.1) is 0 Å². The van der Waals surface area contributed by atoms with Gasteiger partial charge in [0.2, 0.25) is 0 Å². The van der Waals surface area contributed by atoms with Crippen LogP contribution in [0.25, 0.3) is 6.08 Å². The Morgan fingerprint density at radius 1 is 1.21 bits per heavy atom. The zero-order valence-corrected chi connectivity index (χ0v) is 11.0. The van der Waals surface area contributed by atoms with E-state index in [0.717, 1.165) is 0 Å². The third kappa shape index (κ3) is 3.85. The maximum Gasteiger partial charge on any atom is 0.336 e. The highest BCUT2D eigenvalue weighted by atomic mass is 16.5. The lowest BCUT2D eigenvalue weighted by atomic mass is 10.0. The summed E-state index contributed by atoms with van der Waals surface area (Å²) < 4.78 is 10.3. The first-order valence-electron chi connectivity index (χ1n) is 6.18. The molecule has 2 rings (SSSR count). The Morgan fingerprint density at radius 2 is 1.95 bits per heavy atom. The molecule has 1 aromatic heterocycles. The van der Waals surface area contributed by atoms with Crippen LogP contribution in [0.4, 0.5) is 0 Å². The third-order valence-corrected chi connectivity index (χ3v) is 2.69. The molecule has 1 aromatic carbocycles. The summed E-state index contributed by atoms with van der Waals surface area (Å²) in [6.45, 7) is 4.24. The van der Waals surface area contributed by atoms with E-state index in [-0.39, 0.29) is 0 Å². The summed E-state index contributed by atoms with van der Waals surface area (Å²) in [5.74, 6) is 1.20. The van der Waals surface area contributed by atoms with Crippen molar-refractivity contribution >= 4 is 12.0 Å². The van der Waals surface area contributed by atoms with Gasteiger partial charge in [-0.1, -0.05) is 26.0 Å². The molecule has 0 fully saturated rings. The van der Waals surface area contributed by atoms with E-state index in [1.54, 1.807) is 36.6 Å². The summed E-state index contributed by atoms with van der Waals surface area (Å²) in [5, 5.41) is 0. The Kier molecular flexibility index (Phi) is 4.18. The first-order chi connectivity index (χ1) is 9.15. The van der Waals surface area contributed by atoms with Gasteiger partial charge in [-0.25, -0.2) is 4.79 Å². The predicted octanol–water partition coefficient (Wildman–Crippen LogP) is 4.02. The number of hydrogen-bond acceptors (Lipinski definition) is 3. The maximum atomic E-state index is 11.6. The number of benzene rings is 1. The van der Waals surface area contributed by atoms with Crippen molar-refractivity contribution in [3.63, 3.8) is 0 Å². The van der Waals surface area contributed by atoms with E-state index in [9.17, 15) is 4.79 Å². The number of furan rings is 1. The molecule has 1 heterocycles. The van der Waals surface area contributed by atoms with Crippen LogP contribution in [0.15, 0.2) is 53.2 Å². The summed E-state index contributed by atoms with van der Waals surface area (Å²) in [5.41, 5.74) is 1.21. The van der Waals surface area contributed by atoms with Crippen molar-refractivity contribution in [3.05, 3.63) is 60.1 Å². The summed E-state index contributed by atoms with van der Waals surface area (Å²) in [7, 11) is 0. The van der Waals surface area contributed by atoms with E-state index in [1.165, 1.54) is 11.6 Å². The lowest BCUT2D eigenvalue weighted by Crippen LogP contribution is -2.03. The molecule has 0 N–H and O–H groups in total. The van der Waals surface area contributed by atoms with Crippen molar-refractivity contribution in [2.45, 2.75) is 19.8 Å². The lowest BCUT2D eigenvalue weighted by Gasteiger charge is -2.06. The zero-order chi connectivity index (χ0) is 13.7. The van der Waals surface area contributed by atoms with Crippen molar-refractivity contribution in [1.82, 2.24) is 0 Å². The Bertz CT molecular complexity index is 548. The van der Waals surface area contributed by atoms with E-state index in [1.807, 2.05) is 12.1 Å². The lowest BCUT2D eigenvalue weighted by molar-refractivity contribution is -0.128. The van der Waals surface area contributed by atoms with Crippen LogP contribution < -0.4 is 4.74 Å². The molecule has 0 unspecified atom stereocenters. The van der Waals surface area contributed by atoms with Crippen LogP contribution in [-0.4, -0.2) is 5.97 Å². The second kappa shape index (κ2) is 6.05. The van der Waals surface area contributed by atoms with Gasteiger partial charge in [0.1, 0.15) is 11.5 Å². The topological polar surface area (TPSA) is 39.4 Å². The molecular formula is C16H16O3. The van der Waals surface area contributed by atoms with E-state index in [4.69, 9.17) is 9.15 Å². The number of rotatable bonds is 4. The molecule has 98 valence electrons. The fourth-order valence-electron chi connectivity index (χ4n) is 1.61. The van der Waals surface area contributed by atoms with Gasteiger partial charge < -0.3 is 9.15 Å². The van der Waals surface area contributed by atoms with Gasteiger partial charge in [-0.05, 0) is 41.8 Å². The van der Waals surface area contributed by atoms with Gasteiger partial charge in [-0.15, -0.1) is 0 Å². The molecule has 0 radical (unpaired) electrons. The van der Waals surface area contributed by atoms with Crippen LogP contribution in [0.3, 0.4) is 0 Å². The number of hydrogen-bond donors (Lipinski definition) is 0. The van der Waals surface area contributed by atoms with Crippen LogP contribution in [0.5, 0.6) is 5.75 Å². The first kappa shape index (κ1) is 13.1. The largest absolute Gasteiger partial charge is 0.465 e. The fraction of sp³-hybridized carbons (Fsp3) is 0.188. The molecule has 2 aromatic rings. The predicted molar refractivity (Wildman–Crippen MR) is 73.9 cm³/mol. The minimum Gasteiger partial charge on any atom is -0.465 e. The number of esters is 1. The fourth-order valence-corrected chi connectivity index (χ4v) is 1.61. The van der Waals surface area contributed by atoms with E-state index in [0.29, 0.717) is 17.4 Å². The zero-order valence-electron chi connectivity index (χ0n) is 11.0. The number of carbonyl (C=O) groups is 1. The van der Waals surface area contributed by atoms with Crippen LogP contribution in [0.2, 0.25) is 0 Å². The SMILES string of the molecule is CC(C)c1ccc(OC(=O)C=Cc2ccco2)cc1. The summed E-state index contributed by atoms with van der Waals surface area (Å²) in [6, 6.07) is 11.0. The Labute approximate surface area is 112 Å². The normalized spacial score (nSPS) is 11.1. The molecule has 0 atom stereocenters. The molecule has 0 bridgehead atoms. The van der Waals surface area contributed by atoms with Gasteiger partial charge in [-0.3, -0.25) is 0 Å². The van der Waals surface area contributed by atoms with Gasteiger partial charge >= 0.3 is 5.97 Å². The highest BCUT2D eigenvalue weighted by Crippen LogP contribution is 2.18. The third-order valence-electron chi connectivity index (χ3n) is 2.69. The smallest absolute Gasteiger partial charge is 0.336 e. The van der Waals surface area contributed by atoms with Crippen LogP contribution in [0.1, 0.15) is 31.1 Å². The molecule has 0 aliphatic rings. The van der Waals surface area contributed by atoms with Gasteiger partial charge in [0.05, 0.1) is 6.26 Å². The molecule has 3 nitrogen and oxygen atoms in total. The molecule has 0 spiro atoms. The molecule has 19 heavy (non-hydrogen) atoms. The molecule has 0 amide bonds.